The summed E-state index contributed by atoms with van der Waals surface area (Å²) in [6.45, 7) is 4.39. The molecule has 1 aliphatic rings. The van der Waals surface area contributed by atoms with Gasteiger partial charge in [-0.05, 0) is 53.2 Å². The molecule has 1 aliphatic carbocycles. The number of hydrogen-bond acceptors (Lipinski definition) is 2. The number of hydrogen-bond donors (Lipinski definition) is 1. The summed E-state index contributed by atoms with van der Waals surface area (Å²) in [5.74, 6) is 0.786. The molecule has 2 unspecified atom stereocenters. The second-order valence-corrected chi connectivity index (χ2v) is 5.24. The van der Waals surface area contributed by atoms with Crippen molar-refractivity contribution in [2.45, 2.75) is 39.2 Å². The van der Waals surface area contributed by atoms with E-state index < -0.39 is 0 Å². The lowest BCUT2D eigenvalue weighted by atomic mass is 10.1. The van der Waals surface area contributed by atoms with Crippen molar-refractivity contribution in [2.24, 2.45) is 5.92 Å². The molecule has 0 radical (unpaired) electrons. The molecule has 2 rings (SSSR count). The number of nitrogens with zero attached hydrogens (tertiary/aromatic N) is 1. The molecule has 1 saturated carbocycles. The van der Waals surface area contributed by atoms with Gasteiger partial charge in [-0.3, -0.25) is 0 Å². The summed E-state index contributed by atoms with van der Waals surface area (Å²) in [5.41, 5.74) is 2.33. The van der Waals surface area contributed by atoms with Crippen molar-refractivity contribution >= 4 is 21.6 Å². The first-order valence-corrected chi connectivity index (χ1v) is 6.35. The van der Waals surface area contributed by atoms with Crippen LogP contribution in [0.4, 0.5) is 5.69 Å². The highest BCUT2D eigenvalue weighted by atomic mass is 79.9. The molecule has 1 fully saturated rings. The maximum Gasteiger partial charge on any atom is 0.109 e. The van der Waals surface area contributed by atoms with E-state index in [-0.39, 0.29) is 0 Å². The quantitative estimate of drug-likeness (QED) is 0.827. The first-order valence-electron chi connectivity index (χ1n) is 5.55. The summed E-state index contributed by atoms with van der Waals surface area (Å²) in [6, 6.07) is 2.79. The van der Waals surface area contributed by atoms with Crippen LogP contribution < -0.4 is 5.32 Å². The zero-order valence-electron chi connectivity index (χ0n) is 9.26. The van der Waals surface area contributed by atoms with Crippen LogP contribution in [-0.4, -0.2) is 11.0 Å². The standard InChI is InChI=1S/C12H17BrN2/c1-8-4-3-5-11(8)15-10-6-9(2)12(13)14-7-10/h6-8,11,15H,3-5H2,1-2H3. The van der Waals surface area contributed by atoms with Gasteiger partial charge in [0.25, 0.3) is 0 Å². The van der Waals surface area contributed by atoms with Crippen molar-refractivity contribution in [2.75, 3.05) is 5.32 Å². The molecule has 0 aromatic carbocycles. The molecule has 82 valence electrons. The van der Waals surface area contributed by atoms with Crippen LogP contribution in [0.25, 0.3) is 0 Å². The highest BCUT2D eigenvalue weighted by Crippen LogP contribution is 2.28. The van der Waals surface area contributed by atoms with Crippen LogP contribution >= 0.6 is 15.9 Å². The average Bonchev–Trinajstić information content (AvgIpc) is 2.59. The molecule has 0 bridgehead atoms. The zero-order chi connectivity index (χ0) is 10.8. The molecule has 0 spiro atoms. The van der Waals surface area contributed by atoms with Gasteiger partial charge in [-0.2, -0.15) is 0 Å². The van der Waals surface area contributed by atoms with E-state index in [0.717, 1.165) is 16.2 Å². The van der Waals surface area contributed by atoms with Gasteiger partial charge in [0.1, 0.15) is 4.60 Å². The molecular weight excluding hydrogens is 252 g/mol. The molecule has 0 aliphatic heterocycles. The van der Waals surface area contributed by atoms with Crippen molar-refractivity contribution in [3.63, 3.8) is 0 Å². The number of halogens is 1. The molecular formula is C12H17BrN2. The Bertz CT molecular complexity index is 351. The van der Waals surface area contributed by atoms with Gasteiger partial charge in [0.15, 0.2) is 0 Å². The number of anilines is 1. The molecule has 2 nitrogen and oxygen atoms in total. The molecule has 1 N–H and O–H groups in total. The Balaban J connectivity index is 2.07. The molecule has 1 aromatic rings. The van der Waals surface area contributed by atoms with E-state index in [1.807, 2.05) is 6.20 Å². The van der Waals surface area contributed by atoms with Gasteiger partial charge in [0, 0.05) is 6.04 Å². The minimum absolute atomic E-state index is 0.632. The van der Waals surface area contributed by atoms with Crippen LogP contribution in [0.15, 0.2) is 16.9 Å². The third-order valence-corrected chi connectivity index (χ3v) is 4.06. The minimum atomic E-state index is 0.632. The topological polar surface area (TPSA) is 24.9 Å². The van der Waals surface area contributed by atoms with Crippen molar-refractivity contribution in [1.29, 1.82) is 0 Å². The maximum absolute atomic E-state index is 4.30. The Labute approximate surface area is 99.6 Å². The van der Waals surface area contributed by atoms with Crippen molar-refractivity contribution in [1.82, 2.24) is 4.98 Å². The number of nitrogens with one attached hydrogen (secondary N) is 1. The normalized spacial score (nSPS) is 25.5. The first kappa shape index (κ1) is 10.9. The Hall–Kier alpha value is -0.570. The fourth-order valence-electron chi connectivity index (χ4n) is 2.21. The molecule has 3 heteroatoms. The molecule has 0 saturated heterocycles. The fraction of sp³-hybridized carbons (Fsp3) is 0.583. The third-order valence-electron chi connectivity index (χ3n) is 3.23. The minimum Gasteiger partial charge on any atom is -0.381 e. The number of rotatable bonds is 2. The average molecular weight is 269 g/mol. The van der Waals surface area contributed by atoms with E-state index in [1.54, 1.807) is 0 Å². The lowest BCUT2D eigenvalue weighted by molar-refractivity contribution is 0.556. The lowest BCUT2D eigenvalue weighted by Gasteiger charge is -2.18. The van der Waals surface area contributed by atoms with E-state index in [0.29, 0.717) is 6.04 Å². The van der Waals surface area contributed by atoms with Gasteiger partial charge in [-0.1, -0.05) is 13.3 Å². The summed E-state index contributed by atoms with van der Waals surface area (Å²) in [7, 11) is 0. The number of aryl methyl sites for hydroxylation is 1. The molecule has 1 aromatic heterocycles. The van der Waals surface area contributed by atoms with Gasteiger partial charge in [0.2, 0.25) is 0 Å². The van der Waals surface area contributed by atoms with E-state index in [2.05, 4.69) is 46.1 Å². The molecule has 1 heterocycles. The first-order chi connectivity index (χ1) is 7.16. The molecule has 0 amide bonds. The zero-order valence-corrected chi connectivity index (χ0v) is 10.8. The number of pyridine rings is 1. The molecule has 2 atom stereocenters. The number of aromatic nitrogens is 1. The highest BCUT2D eigenvalue weighted by molar-refractivity contribution is 9.10. The van der Waals surface area contributed by atoms with Gasteiger partial charge in [0.05, 0.1) is 11.9 Å². The van der Waals surface area contributed by atoms with Crippen LogP contribution in [0, 0.1) is 12.8 Å². The third kappa shape index (κ3) is 2.51. The Morgan fingerprint density at radius 3 is 2.87 bits per heavy atom. The summed E-state index contributed by atoms with van der Waals surface area (Å²) < 4.78 is 0.938. The predicted octanol–water partition coefficient (Wildman–Crippen LogP) is 3.75. The van der Waals surface area contributed by atoms with E-state index in [4.69, 9.17) is 0 Å². The maximum atomic E-state index is 4.30. The van der Waals surface area contributed by atoms with Crippen LogP contribution in [0.5, 0.6) is 0 Å². The molecule has 15 heavy (non-hydrogen) atoms. The summed E-state index contributed by atoms with van der Waals surface area (Å²) >= 11 is 3.42. The van der Waals surface area contributed by atoms with Crippen LogP contribution in [-0.2, 0) is 0 Å². The summed E-state index contributed by atoms with van der Waals surface area (Å²) in [6.07, 6.45) is 5.89. The smallest absolute Gasteiger partial charge is 0.109 e. The van der Waals surface area contributed by atoms with Crippen molar-refractivity contribution in [3.05, 3.63) is 22.4 Å². The second kappa shape index (κ2) is 4.52. The second-order valence-electron chi connectivity index (χ2n) is 4.49. The van der Waals surface area contributed by atoms with Crippen LogP contribution in [0.3, 0.4) is 0 Å². The summed E-state index contributed by atoms with van der Waals surface area (Å²) in [5, 5.41) is 3.58. The van der Waals surface area contributed by atoms with Gasteiger partial charge < -0.3 is 5.32 Å². The summed E-state index contributed by atoms with van der Waals surface area (Å²) in [4.78, 5) is 4.30. The van der Waals surface area contributed by atoms with E-state index in [1.165, 1.54) is 24.8 Å². The highest BCUT2D eigenvalue weighted by Gasteiger charge is 2.22. The van der Waals surface area contributed by atoms with E-state index >= 15 is 0 Å². The Morgan fingerprint density at radius 1 is 1.47 bits per heavy atom. The monoisotopic (exact) mass is 268 g/mol. The van der Waals surface area contributed by atoms with Crippen LogP contribution in [0.2, 0.25) is 0 Å². The Kier molecular flexibility index (Phi) is 3.29. The predicted molar refractivity (Wildman–Crippen MR) is 67.1 cm³/mol. The Morgan fingerprint density at radius 2 is 2.27 bits per heavy atom. The van der Waals surface area contributed by atoms with Crippen LogP contribution in [0.1, 0.15) is 31.7 Å². The van der Waals surface area contributed by atoms with Crippen molar-refractivity contribution in [3.8, 4) is 0 Å². The van der Waals surface area contributed by atoms with Crippen molar-refractivity contribution < 1.29 is 0 Å². The van der Waals surface area contributed by atoms with E-state index in [9.17, 15) is 0 Å². The largest absolute Gasteiger partial charge is 0.381 e. The SMILES string of the molecule is Cc1cc(NC2CCCC2C)cnc1Br. The lowest BCUT2D eigenvalue weighted by Crippen LogP contribution is -2.21. The van der Waals surface area contributed by atoms with Gasteiger partial charge in [-0.25, -0.2) is 4.98 Å². The van der Waals surface area contributed by atoms with Gasteiger partial charge in [-0.15, -0.1) is 0 Å². The fourth-order valence-corrected chi connectivity index (χ4v) is 2.43. The van der Waals surface area contributed by atoms with Gasteiger partial charge >= 0.3 is 0 Å².